The van der Waals surface area contributed by atoms with Crippen LogP contribution in [0, 0.1) is 5.92 Å². The van der Waals surface area contributed by atoms with E-state index in [2.05, 4.69) is 11.8 Å². The van der Waals surface area contributed by atoms with Crippen molar-refractivity contribution in [2.45, 2.75) is 25.8 Å². The van der Waals surface area contributed by atoms with Gasteiger partial charge in [-0.25, -0.2) is 0 Å². The Balaban J connectivity index is 1.77. The largest absolute Gasteiger partial charge is 0.491 e. The number of aliphatic hydroxyl groups is 1. The van der Waals surface area contributed by atoms with Crippen LogP contribution in [0.5, 0.6) is 5.75 Å². The molecular formula is C24H30Cl2N2O3. The Labute approximate surface area is 194 Å². The van der Waals surface area contributed by atoms with Gasteiger partial charge in [0.2, 0.25) is 5.91 Å². The fourth-order valence-electron chi connectivity index (χ4n) is 3.96. The van der Waals surface area contributed by atoms with Gasteiger partial charge in [-0.05, 0) is 54.3 Å². The molecule has 1 aliphatic heterocycles. The van der Waals surface area contributed by atoms with Crippen LogP contribution < -0.4 is 4.74 Å². The van der Waals surface area contributed by atoms with Crippen molar-refractivity contribution in [1.82, 2.24) is 9.80 Å². The molecule has 2 atom stereocenters. The number of nitrogens with zero attached hydrogens (tertiary/aromatic N) is 2. The summed E-state index contributed by atoms with van der Waals surface area (Å²) in [5, 5.41) is 9.88. The summed E-state index contributed by atoms with van der Waals surface area (Å²) >= 11 is 12.1. The van der Waals surface area contributed by atoms with E-state index in [1.165, 1.54) is 6.42 Å². The molecule has 1 aliphatic rings. The zero-order valence-electron chi connectivity index (χ0n) is 18.1. The lowest BCUT2D eigenvalue weighted by Crippen LogP contribution is -2.39. The molecule has 2 aromatic rings. The van der Waals surface area contributed by atoms with E-state index >= 15 is 0 Å². The quantitative estimate of drug-likeness (QED) is 0.595. The Bertz CT molecular complexity index is 876. The van der Waals surface area contributed by atoms with Crippen LogP contribution in [0.1, 0.15) is 30.5 Å². The van der Waals surface area contributed by atoms with Crippen LogP contribution in [0.4, 0.5) is 0 Å². The number of amides is 1. The average Bonchev–Trinajstić information content (AvgIpc) is 3.18. The molecule has 0 aliphatic carbocycles. The first-order valence-corrected chi connectivity index (χ1v) is 11.4. The molecule has 0 bridgehead atoms. The maximum Gasteiger partial charge on any atom is 0.227 e. The molecule has 168 valence electrons. The maximum atomic E-state index is 13.1. The SMILES string of the molecule is C[C@H]1CCN(C[C@H](c2ccc(OCCO)cc2)N(C)C(=O)Cc2ccc(Cl)c(Cl)c2)C1. The van der Waals surface area contributed by atoms with E-state index in [0.717, 1.165) is 30.8 Å². The van der Waals surface area contributed by atoms with Crippen molar-refractivity contribution in [3.05, 3.63) is 63.6 Å². The number of rotatable bonds is 9. The third kappa shape index (κ3) is 6.59. The highest BCUT2D eigenvalue weighted by Crippen LogP contribution is 2.28. The highest BCUT2D eigenvalue weighted by Gasteiger charge is 2.27. The number of aliphatic hydroxyl groups excluding tert-OH is 1. The molecule has 0 unspecified atom stereocenters. The lowest BCUT2D eigenvalue weighted by Gasteiger charge is -2.32. The number of hydrogen-bond acceptors (Lipinski definition) is 4. The zero-order valence-corrected chi connectivity index (χ0v) is 19.6. The summed E-state index contributed by atoms with van der Waals surface area (Å²) in [4.78, 5) is 17.4. The van der Waals surface area contributed by atoms with E-state index < -0.39 is 0 Å². The molecule has 1 heterocycles. The molecule has 1 amide bonds. The van der Waals surface area contributed by atoms with Crippen molar-refractivity contribution in [1.29, 1.82) is 0 Å². The number of likely N-dealkylation sites (N-methyl/N-ethyl adjacent to an activating group) is 1. The summed E-state index contributed by atoms with van der Waals surface area (Å²) in [6, 6.07) is 13.0. The van der Waals surface area contributed by atoms with E-state index in [0.29, 0.717) is 21.7 Å². The van der Waals surface area contributed by atoms with Gasteiger partial charge in [-0.1, -0.05) is 48.3 Å². The first-order chi connectivity index (χ1) is 14.9. The monoisotopic (exact) mass is 464 g/mol. The molecule has 2 aromatic carbocycles. The van der Waals surface area contributed by atoms with Crippen LogP contribution >= 0.6 is 23.2 Å². The lowest BCUT2D eigenvalue weighted by molar-refractivity contribution is -0.131. The van der Waals surface area contributed by atoms with Gasteiger partial charge in [0, 0.05) is 20.1 Å². The van der Waals surface area contributed by atoms with Crippen LogP contribution in [-0.4, -0.2) is 60.7 Å². The number of carbonyl (C=O) groups is 1. The van der Waals surface area contributed by atoms with Crippen LogP contribution in [0.2, 0.25) is 10.0 Å². The average molecular weight is 465 g/mol. The number of benzene rings is 2. The number of carbonyl (C=O) groups excluding carboxylic acids is 1. The van der Waals surface area contributed by atoms with Gasteiger partial charge in [-0.3, -0.25) is 4.79 Å². The molecule has 1 saturated heterocycles. The van der Waals surface area contributed by atoms with Crippen LogP contribution in [-0.2, 0) is 11.2 Å². The third-order valence-electron chi connectivity index (χ3n) is 5.76. The summed E-state index contributed by atoms with van der Waals surface area (Å²) < 4.78 is 5.48. The van der Waals surface area contributed by atoms with Crippen molar-refractivity contribution in [2.24, 2.45) is 5.92 Å². The van der Waals surface area contributed by atoms with E-state index in [4.69, 9.17) is 33.0 Å². The smallest absolute Gasteiger partial charge is 0.227 e. The molecule has 1 N–H and O–H groups in total. The van der Waals surface area contributed by atoms with Crippen LogP contribution in [0.3, 0.4) is 0 Å². The number of ether oxygens (including phenoxy) is 1. The highest BCUT2D eigenvalue weighted by molar-refractivity contribution is 6.42. The summed E-state index contributed by atoms with van der Waals surface area (Å²) in [6.07, 6.45) is 1.44. The van der Waals surface area contributed by atoms with Crippen molar-refractivity contribution >= 4 is 29.1 Å². The van der Waals surface area contributed by atoms with Gasteiger partial charge in [-0.15, -0.1) is 0 Å². The standard InChI is InChI=1S/C24H30Cl2N2O3/c1-17-9-10-28(15-17)16-23(19-4-6-20(7-5-19)31-12-11-29)27(2)24(30)14-18-3-8-21(25)22(26)13-18/h3-8,13,17,23,29H,9-12,14-16H2,1-2H3/t17-,23+/m0/s1. The molecule has 3 rings (SSSR count). The molecule has 1 fully saturated rings. The second-order valence-corrected chi connectivity index (χ2v) is 9.05. The summed E-state index contributed by atoms with van der Waals surface area (Å²) in [5.41, 5.74) is 1.90. The topological polar surface area (TPSA) is 53.0 Å². The minimum atomic E-state index is -0.0764. The van der Waals surface area contributed by atoms with Crippen LogP contribution in [0.25, 0.3) is 0 Å². The molecule has 7 heteroatoms. The van der Waals surface area contributed by atoms with Crippen molar-refractivity contribution < 1.29 is 14.6 Å². The predicted octanol–water partition coefficient (Wildman–Crippen LogP) is 4.45. The van der Waals surface area contributed by atoms with Gasteiger partial charge in [0.25, 0.3) is 0 Å². The van der Waals surface area contributed by atoms with Crippen molar-refractivity contribution in [3.63, 3.8) is 0 Å². The van der Waals surface area contributed by atoms with Gasteiger partial charge in [0.1, 0.15) is 12.4 Å². The van der Waals surface area contributed by atoms with Crippen molar-refractivity contribution in [2.75, 3.05) is 39.9 Å². The van der Waals surface area contributed by atoms with Gasteiger partial charge >= 0.3 is 0 Å². The number of halogens is 2. The molecule has 5 nitrogen and oxygen atoms in total. The second kappa shape index (κ2) is 11.2. The Hall–Kier alpha value is -1.79. The van der Waals surface area contributed by atoms with E-state index in [1.54, 1.807) is 12.1 Å². The van der Waals surface area contributed by atoms with Crippen LogP contribution in [0.15, 0.2) is 42.5 Å². The molecule has 0 spiro atoms. The maximum absolute atomic E-state index is 13.1. The lowest BCUT2D eigenvalue weighted by atomic mass is 10.0. The Morgan fingerprint density at radius 2 is 1.97 bits per heavy atom. The molecule has 0 aromatic heterocycles. The fraction of sp³-hybridized carbons (Fsp3) is 0.458. The Morgan fingerprint density at radius 1 is 1.23 bits per heavy atom. The predicted molar refractivity (Wildman–Crippen MR) is 125 cm³/mol. The first kappa shape index (κ1) is 23.9. The minimum Gasteiger partial charge on any atom is -0.491 e. The molecule has 0 radical (unpaired) electrons. The first-order valence-electron chi connectivity index (χ1n) is 10.6. The third-order valence-corrected chi connectivity index (χ3v) is 6.50. The Morgan fingerprint density at radius 3 is 2.58 bits per heavy atom. The summed E-state index contributed by atoms with van der Waals surface area (Å²) in [5.74, 6) is 1.40. The van der Waals surface area contributed by atoms with E-state index in [-0.39, 0.29) is 31.6 Å². The number of likely N-dealkylation sites (tertiary alicyclic amines) is 1. The summed E-state index contributed by atoms with van der Waals surface area (Å²) in [7, 11) is 1.86. The summed E-state index contributed by atoms with van der Waals surface area (Å²) in [6.45, 7) is 5.37. The van der Waals surface area contributed by atoms with Gasteiger partial charge in [-0.2, -0.15) is 0 Å². The molecule has 31 heavy (non-hydrogen) atoms. The van der Waals surface area contributed by atoms with Gasteiger partial charge < -0.3 is 19.6 Å². The highest BCUT2D eigenvalue weighted by atomic mass is 35.5. The van der Waals surface area contributed by atoms with Gasteiger partial charge in [0.05, 0.1) is 29.1 Å². The fourth-order valence-corrected chi connectivity index (χ4v) is 4.28. The molecular weight excluding hydrogens is 435 g/mol. The molecule has 0 saturated carbocycles. The second-order valence-electron chi connectivity index (χ2n) is 8.24. The Kier molecular flexibility index (Phi) is 8.61. The zero-order chi connectivity index (χ0) is 22.4. The number of hydrogen-bond donors (Lipinski definition) is 1. The normalized spacial score (nSPS) is 17.5. The van der Waals surface area contributed by atoms with E-state index in [1.807, 2.05) is 42.3 Å². The van der Waals surface area contributed by atoms with Gasteiger partial charge in [0.15, 0.2) is 0 Å². The van der Waals surface area contributed by atoms with Crippen molar-refractivity contribution in [3.8, 4) is 5.75 Å². The van der Waals surface area contributed by atoms with E-state index in [9.17, 15) is 4.79 Å². The minimum absolute atomic E-state index is 0.0243.